The summed E-state index contributed by atoms with van der Waals surface area (Å²) < 4.78 is 0. The number of phenolic OH excluding ortho intramolecular Hbond substituents is 1. The van der Waals surface area contributed by atoms with Crippen molar-refractivity contribution in [3.8, 4) is 5.75 Å². The quantitative estimate of drug-likeness (QED) is 0.776. The van der Waals surface area contributed by atoms with Crippen molar-refractivity contribution in [2.24, 2.45) is 23.2 Å². The van der Waals surface area contributed by atoms with E-state index in [0.717, 1.165) is 32.1 Å². The molecule has 1 aromatic carbocycles. The Balaban J connectivity index is 1.77. The van der Waals surface area contributed by atoms with Crippen LogP contribution in [0.1, 0.15) is 63.0 Å². The van der Waals surface area contributed by atoms with Crippen molar-refractivity contribution < 1.29 is 15.3 Å². The zero-order valence-corrected chi connectivity index (χ0v) is 14.8. The Morgan fingerprint density at radius 1 is 1.25 bits per heavy atom. The highest BCUT2D eigenvalue weighted by atomic mass is 16.3. The third-order valence-corrected chi connectivity index (χ3v) is 7.46. The molecule has 132 valence electrons. The fourth-order valence-electron chi connectivity index (χ4n) is 6.52. The van der Waals surface area contributed by atoms with Gasteiger partial charge in [-0.2, -0.15) is 0 Å². The average molecular weight is 330 g/mol. The summed E-state index contributed by atoms with van der Waals surface area (Å²) in [4.78, 5) is 0. The number of hydrogen-bond acceptors (Lipinski definition) is 3. The van der Waals surface area contributed by atoms with Gasteiger partial charge in [0, 0.05) is 0 Å². The first-order valence-electron chi connectivity index (χ1n) is 9.63. The second kappa shape index (κ2) is 5.74. The van der Waals surface area contributed by atoms with Crippen molar-refractivity contribution in [1.82, 2.24) is 0 Å². The van der Waals surface area contributed by atoms with E-state index >= 15 is 0 Å². The van der Waals surface area contributed by atoms with Gasteiger partial charge in [-0.3, -0.25) is 0 Å². The number of rotatable bonds is 2. The van der Waals surface area contributed by atoms with Crippen molar-refractivity contribution in [2.75, 3.05) is 0 Å². The molecule has 0 aliphatic heterocycles. The molecule has 3 aliphatic carbocycles. The van der Waals surface area contributed by atoms with Gasteiger partial charge in [0.2, 0.25) is 0 Å². The van der Waals surface area contributed by atoms with Crippen LogP contribution in [0.3, 0.4) is 0 Å². The molecular formula is C21H30O3. The number of hydrogen-bond donors (Lipinski definition) is 3. The monoisotopic (exact) mass is 330 g/mol. The van der Waals surface area contributed by atoms with Crippen LogP contribution in [0.4, 0.5) is 0 Å². The molecule has 0 aromatic heterocycles. The Labute approximate surface area is 144 Å². The predicted octanol–water partition coefficient (Wildman–Crippen LogP) is 3.61. The Morgan fingerprint density at radius 3 is 2.79 bits per heavy atom. The van der Waals surface area contributed by atoms with Crippen molar-refractivity contribution in [1.29, 1.82) is 0 Å². The van der Waals surface area contributed by atoms with Crippen LogP contribution in [-0.2, 0) is 6.42 Å². The first-order valence-corrected chi connectivity index (χ1v) is 9.63. The standard InChI is InChI=1S/C21H30O3/c1-3-4-13-11-21(2)17(10-18(23)20(21)24)16-7-5-12-9-14(22)6-8-15(12)19(13)16/h6,8-9,13,16-20,22-24H,3-5,7,10-11H2,1-2H3/t13-,16-,17-,18?,19+,20-,21-/m0/s1. The van der Waals surface area contributed by atoms with Crippen LogP contribution in [-0.4, -0.2) is 27.5 Å². The fourth-order valence-corrected chi connectivity index (χ4v) is 6.52. The lowest BCUT2D eigenvalue weighted by molar-refractivity contribution is -0.0692. The van der Waals surface area contributed by atoms with E-state index in [1.807, 2.05) is 12.1 Å². The molecule has 24 heavy (non-hydrogen) atoms. The Morgan fingerprint density at radius 2 is 2.04 bits per heavy atom. The Hall–Kier alpha value is -1.06. The van der Waals surface area contributed by atoms with Gasteiger partial charge >= 0.3 is 0 Å². The maximum absolute atomic E-state index is 10.7. The summed E-state index contributed by atoms with van der Waals surface area (Å²) in [5.41, 5.74) is 2.58. The number of phenols is 1. The van der Waals surface area contributed by atoms with Gasteiger partial charge in [-0.15, -0.1) is 0 Å². The SMILES string of the molecule is CCC[C@H]1C[C@]2(C)[C@@H](O)C(O)C[C@H]2[C@@H]2CCc3cc(O)ccc3[C@@H]12. The van der Waals surface area contributed by atoms with Crippen LogP contribution in [0.15, 0.2) is 18.2 Å². The molecule has 1 aromatic rings. The number of aliphatic hydroxyl groups is 2. The lowest BCUT2D eigenvalue weighted by Gasteiger charge is -2.53. The van der Waals surface area contributed by atoms with Crippen LogP contribution in [0.2, 0.25) is 0 Å². The van der Waals surface area contributed by atoms with Crippen molar-refractivity contribution in [3.63, 3.8) is 0 Å². The maximum Gasteiger partial charge on any atom is 0.115 e. The molecule has 1 unspecified atom stereocenters. The van der Waals surface area contributed by atoms with E-state index in [4.69, 9.17) is 0 Å². The topological polar surface area (TPSA) is 60.7 Å². The van der Waals surface area contributed by atoms with Gasteiger partial charge in [0.15, 0.2) is 0 Å². The maximum atomic E-state index is 10.7. The first kappa shape index (κ1) is 16.4. The van der Waals surface area contributed by atoms with E-state index in [0.29, 0.717) is 29.4 Å². The van der Waals surface area contributed by atoms with E-state index < -0.39 is 12.2 Å². The molecule has 0 amide bonds. The summed E-state index contributed by atoms with van der Waals surface area (Å²) in [5, 5.41) is 30.9. The Kier molecular flexibility index (Phi) is 3.92. The molecule has 0 bridgehead atoms. The van der Waals surface area contributed by atoms with Crippen molar-refractivity contribution in [3.05, 3.63) is 29.3 Å². The van der Waals surface area contributed by atoms with Crippen LogP contribution < -0.4 is 0 Å². The summed E-state index contributed by atoms with van der Waals surface area (Å²) in [6.07, 6.45) is 5.04. The second-order valence-corrected chi connectivity index (χ2v) is 8.72. The molecule has 0 radical (unpaired) electrons. The molecule has 0 spiro atoms. The zero-order chi connectivity index (χ0) is 17.1. The molecule has 3 nitrogen and oxygen atoms in total. The molecule has 4 rings (SSSR count). The van der Waals surface area contributed by atoms with E-state index in [-0.39, 0.29) is 5.41 Å². The minimum absolute atomic E-state index is 0.144. The minimum Gasteiger partial charge on any atom is -0.508 e. The second-order valence-electron chi connectivity index (χ2n) is 8.72. The molecule has 7 atom stereocenters. The highest BCUT2D eigenvalue weighted by molar-refractivity contribution is 5.40. The number of aromatic hydroxyl groups is 1. The molecule has 0 saturated heterocycles. The normalized spacial score (nSPS) is 43.8. The van der Waals surface area contributed by atoms with E-state index in [9.17, 15) is 15.3 Å². The van der Waals surface area contributed by atoms with E-state index in [1.54, 1.807) is 0 Å². The number of aryl methyl sites for hydroxylation is 1. The zero-order valence-electron chi connectivity index (χ0n) is 14.8. The molecule has 2 fully saturated rings. The van der Waals surface area contributed by atoms with Crippen molar-refractivity contribution in [2.45, 2.75) is 70.5 Å². The minimum atomic E-state index is -0.580. The summed E-state index contributed by atoms with van der Waals surface area (Å²) in [7, 11) is 0. The summed E-state index contributed by atoms with van der Waals surface area (Å²) >= 11 is 0. The van der Waals surface area contributed by atoms with Gasteiger partial charge in [0.1, 0.15) is 5.75 Å². The lowest BCUT2D eigenvalue weighted by atomic mass is 9.51. The smallest absolute Gasteiger partial charge is 0.115 e. The molecular weight excluding hydrogens is 300 g/mol. The van der Waals surface area contributed by atoms with Gasteiger partial charge < -0.3 is 15.3 Å². The largest absolute Gasteiger partial charge is 0.508 e. The molecule has 3 aliphatic rings. The summed E-state index contributed by atoms with van der Waals surface area (Å²) in [6, 6.07) is 5.91. The summed E-state index contributed by atoms with van der Waals surface area (Å²) in [5.74, 6) is 2.40. The van der Waals surface area contributed by atoms with Gasteiger partial charge in [-0.25, -0.2) is 0 Å². The van der Waals surface area contributed by atoms with E-state index in [1.165, 1.54) is 17.5 Å². The third-order valence-electron chi connectivity index (χ3n) is 7.46. The first-order chi connectivity index (χ1) is 11.5. The van der Waals surface area contributed by atoms with Gasteiger partial charge in [0.05, 0.1) is 12.2 Å². The average Bonchev–Trinajstić information content (AvgIpc) is 2.78. The van der Waals surface area contributed by atoms with Crippen LogP contribution in [0.25, 0.3) is 0 Å². The lowest BCUT2D eigenvalue weighted by Crippen LogP contribution is -2.48. The molecule has 2 saturated carbocycles. The number of fused-ring (bicyclic) bond motifs is 5. The fraction of sp³-hybridized carbons (Fsp3) is 0.714. The highest BCUT2D eigenvalue weighted by Crippen LogP contribution is 2.63. The highest BCUT2D eigenvalue weighted by Gasteiger charge is 2.60. The third kappa shape index (κ3) is 2.24. The summed E-state index contributed by atoms with van der Waals surface area (Å²) in [6.45, 7) is 4.45. The van der Waals surface area contributed by atoms with Gasteiger partial charge in [-0.05, 0) is 78.0 Å². The Bertz CT molecular complexity index is 628. The van der Waals surface area contributed by atoms with Crippen LogP contribution >= 0.6 is 0 Å². The number of benzene rings is 1. The van der Waals surface area contributed by atoms with Gasteiger partial charge in [-0.1, -0.05) is 32.8 Å². The number of aliphatic hydroxyl groups excluding tert-OH is 2. The van der Waals surface area contributed by atoms with E-state index in [2.05, 4.69) is 19.9 Å². The molecule has 0 heterocycles. The van der Waals surface area contributed by atoms with Crippen molar-refractivity contribution >= 4 is 0 Å². The van der Waals surface area contributed by atoms with Crippen LogP contribution in [0, 0.1) is 23.2 Å². The van der Waals surface area contributed by atoms with Crippen LogP contribution in [0.5, 0.6) is 5.75 Å². The van der Waals surface area contributed by atoms with Gasteiger partial charge in [0.25, 0.3) is 0 Å². The molecule has 3 heteroatoms. The predicted molar refractivity (Wildman–Crippen MR) is 93.9 cm³/mol. The molecule has 3 N–H and O–H groups in total.